The fourth-order valence-corrected chi connectivity index (χ4v) is 4.02. The average Bonchev–Trinajstić information content (AvgIpc) is 2.69. The molecular weight excluding hydrogens is 358 g/mol. The van der Waals surface area contributed by atoms with Gasteiger partial charge in [0.05, 0.1) is 0 Å². The zero-order valence-corrected chi connectivity index (χ0v) is 18.3. The summed E-state index contributed by atoms with van der Waals surface area (Å²) in [5.41, 5.74) is 6.82. The number of hydrogen-bond acceptors (Lipinski definition) is 2. The Hall–Kier alpha value is -2.55. The molecule has 3 rings (SSSR count). The number of hydrogen-bond donors (Lipinski definition) is 1. The molecule has 1 N–H and O–H groups in total. The molecule has 2 aromatic carbocycles. The van der Waals surface area contributed by atoms with Gasteiger partial charge in [-0.3, -0.25) is 0 Å². The minimum Gasteiger partial charge on any atom is -0.445 e. The van der Waals surface area contributed by atoms with E-state index in [9.17, 15) is 4.79 Å². The number of nitrogens with one attached hydrogen (secondary N) is 1. The second-order valence-corrected chi connectivity index (χ2v) is 9.37. The molecule has 3 nitrogen and oxygen atoms in total. The van der Waals surface area contributed by atoms with Crippen LogP contribution in [0, 0.1) is 6.92 Å². The maximum Gasteiger partial charge on any atom is 0.407 e. The van der Waals surface area contributed by atoms with Crippen molar-refractivity contribution in [2.75, 3.05) is 6.54 Å². The van der Waals surface area contributed by atoms with E-state index in [1.807, 2.05) is 36.4 Å². The monoisotopic (exact) mass is 391 g/mol. The first-order chi connectivity index (χ1) is 13.7. The fraction of sp³-hybridized carbons (Fsp3) is 0.423. The van der Waals surface area contributed by atoms with Gasteiger partial charge in [-0.1, -0.05) is 82.3 Å². The zero-order chi connectivity index (χ0) is 21.1. The number of aryl methyl sites for hydroxylation is 1. The Bertz CT molecular complexity index is 894. The van der Waals surface area contributed by atoms with Gasteiger partial charge in [-0.15, -0.1) is 0 Å². The lowest BCUT2D eigenvalue weighted by atomic mass is 9.62. The van der Waals surface area contributed by atoms with Gasteiger partial charge in [-0.2, -0.15) is 0 Å². The lowest BCUT2D eigenvalue weighted by Gasteiger charge is -2.42. The van der Waals surface area contributed by atoms with E-state index in [4.69, 9.17) is 4.74 Å². The molecule has 0 aliphatic heterocycles. The van der Waals surface area contributed by atoms with Gasteiger partial charge in [0, 0.05) is 6.54 Å². The van der Waals surface area contributed by atoms with Crippen molar-refractivity contribution < 1.29 is 9.53 Å². The van der Waals surface area contributed by atoms with Crippen molar-refractivity contribution >= 4 is 12.2 Å². The van der Waals surface area contributed by atoms with Crippen LogP contribution in [0.2, 0.25) is 0 Å². The first kappa shape index (κ1) is 21.2. The van der Waals surface area contributed by atoms with Crippen LogP contribution in [-0.2, 0) is 22.2 Å². The number of rotatable bonds is 5. The molecule has 1 aliphatic carbocycles. The standard InChI is InChI=1S/C26H33NO2/c1-19-16-22-23(26(4,5)14-13-25(22,2)3)17-21(19)12-9-15-27-24(28)29-18-20-10-7-6-8-11-20/h6-12,16-17H,13-15,18H2,1-5H3,(H,27,28). The molecule has 0 heterocycles. The van der Waals surface area contributed by atoms with E-state index in [1.165, 1.54) is 35.1 Å². The zero-order valence-electron chi connectivity index (χ0n) is 18.3. The molecule has 0 radical (unpaired) electrons. The maximum absolute atomic E-state index is 11.9. The smallest absolute Gasteiger partial charge is 0.407 e. The van der Waals surface area contributed by atoms with Crippen LogP contribution in [0.1, 0.15) is 68.4 Å². The number of benzene rings is 2. The van der Waals surface area contributed by atoms with Crippen molar-refractivity contribution in [3.8, 4) is 0 Å². The number of carbonyl (C=O) groups is 1. The van der Waals surface area contributed by atoms with Crippen molar-refractivity contribution in [3.63, 3.8) is 0 Å². The molecule has 154 valence electrons. The van der Waals surface area contributed by atoms with Crippen molar-refractivity contribution in [2.45, 2.75) is 64.9 Å². The topological polar surface area (TPSA) is 38.3 Å². The van der Waals surface area contributed by atoms with Crippen LogP contribution in [0.5, 0.6) is 0 Å². The highest BCUT2D eigenvalue weighted by atomic mass is 16.5. The molecule has 0 fully saturated rings. The SMILES string of the molecule is Cc1cc2c(cc1C=CCNC(=O)OCc1ccccc1)C(C)(C)CCC2(C)C. The molecule has 0 aromatic heterocycles. The van der Waals surface area contributed by atoms with Gasteiger partial charge in [0.25, 0.3) is 0 Å². The Labute approximate surface area is 175 Å². The number of alkyl carbamates (subject to hydrolysis) is 1. The lowest BCUT2D eigenvalue weighted by molar-refractivity contribution is 0.141. The second-order valence-electron chi connectivity index (χ2n) is 9.37. The highest BCUT2D eigenvalue weighted by Crippen LogP contribution is 2.46. The van der Waals surface area contributed by atoms with Gasteiger partial charge >= 0.3 is 6.09 Å². The first-order valence-corrected chi connectivity index (χ1v) is 10.5. The largest absolute Gasteiger partial charge is 0.445 e. The van der Waals surface area contributed by atoms with E-state index < -0.39 is 6.09 Å². The minimum atomic E-state index is -0.399. The van der Waals surface area contributed by atoms with Crippen molar-refractivity contribution in [3.05, 3.63) is 76.4 Å². The molecule has 0 atom stereocenters. The average molecular weight is 392 g/mol. The highest BCUT2D eigenvalue weighted by Gasteiger charge is 2.37. The van der Waals surface area contributed by atoms with Crippen LogP contribution in [-0.4, -0.2) is 12.6 Å². The Kier molecular flexibility index (Phi) is 6.16. The van der Waals surface area contributed by atoms with Crippen LogP contribution < -0.4 is 5.32 Å². The molecule has 0 spiro atoms. The summed E-state index contributed by atoms with van der Waals surface area (Å²) >= 11 is 0. The lowest BCUT2D eigenvalue weighted by Crippen LogP contribution is -2.34. The highest BCUT2D eigenvalue weighted by molar-refractivity contribution is 5.68. The van der Waals surface area contributed by atoms with Crippen LogP contribution in [0.4, 0.5) is 4.79 Å². The Morgan fingerprint density at radius 1 is 1.03 bits per heavy atom. The van der Waals surface area contributed by atoms with E-state index >= 15 is 0 Å². The predicted molar refractivity (Wildman–Crippen MR) is 120 cm³/mol. The van der Waals surface area contributed by atoms with Crippen molar-refractivity contribution in [1.29, 1.82) is 0 Å². The van der Waals surface area contributed by atoms with Crippen LogP contribution in [0.25, 0.3) is 6.08 Å². The second kappa shape index (κ2) is 8.44. The summed E-state index contributed by atoms with van der Waals surface area (Å²) < 4.78 is 5.24. The summed E-state index contributed by atoms with van der Waals surface area (Å²) in [4.78, 5) is 11.9. The first-order valence-electron chi connectivity index (χ1n) is 10.5. The number of ether oxygens (including phenoxy) is 1. The summed E-state index contributed by atoms with van der Waals surface area (Å²) in [5, 5.41) is 2.79. The summed E-state index contributed by atoms with van der Waals surface area (Å²) in [6.07, 6.45) is 6.11. The van der Waals surface area contributed by atoms with Gasteiger partial charge in [0.2, 0.25) is 0 Å². The van der Waals surface area contributed by atoms with E-state index in [-0.39, 0.29) is 17.4 Å². The summed E-state index contributed by atoms with van der Waals surface area (Å²) in [6.45, 7) is 12.3. The molecule has 0 bridgehead atoms. The molecule has 1 aliphatic rings. The Morgan fingerprint density at radius 3 is 2.31 bits per heavy atom. The molecule has 1 amide bonds. The summed E-state index contributed by atoms with van der Waals surface area (Å²) in [6, 6.07) is 14.4. The minimum absolute atomic E-state index is 0.195. The Balaban J connectivity index is 1.61. The van der Waals surface area contributed by atoms with Gasteiger partial charge in [0.15, 0.2) is 0 Å². The van der Waals surface area contributed by atoms with Crippen molar-refractivity contribution in [2.24, 2.45) is 0 Å². The Morgan fingerprint density at radius 2 is 1.66 bits per heavy atom. The third-order valence-electron chi connectivity index (χ3n) is 6.11. The van der Waals surface area contributed by atoms with E-state index in [2.05, 4.69) is 58.1 Å². The molecular formula is C26H33NO2. The van der Waals surface area contributed by atoms with E-state index in [0.717, 1.165) is 5.56 Å². The summed E-state index contributed by atoms with van der Waals surface area (Å²) in [5.74, 6) is 0. The number of fused-ring (bicyclic) bond motifs is 1. The quantitative estimate of drug-likeness (QED) is 0.651. The van der Waals surface area contributed by atoms with E-state index in [0.29, 0.717) is 6.54 Å². The van der Waals surface area contributed by atoms with Crippen LogP contribution >= 0.6 is 0 Å². The maximum atomic E-state index is 11.9. The molecule has 0 unspecified atom stereocenters. The molecule has 0 saturated carbocycles. The van der Waals surface area contributed by atoms with Gasteiger partial charge in [-0.25, -0.2) is 4.79 Å². The molecule has 3 heteroatoms. The van der Waals surface area contributed by atoms with Crippen LogP contribution in [0.15, 0.2) is 48.5 Å². The third kappa shape index (κ3) is 5.09. The molecule has 29 heavy (non-hydrogen) atoms. The number of carbonyl (C=O) groups excluding carboxylic acids is 1. The normalized spacial score (nSPS) is 17.0. The van der Waals surface area contributed by atoms with Crippen LogP contribution in [0.3, 0.4) is 0 Å². The van der Waals surface area contributed by atoms with Crippen molar-refractivity contribution in [1.82, 2.24) is 5.32 Å². The van der Waals surface area contributed by atoms with Gasteiger partial charge < -0.3 is 10.1 Å². The van der Waals surface area contributed by atoms with E-state index in [1.54, 1.807) is 0 Å². The molecule has 2 aromatic rings. The fourth-order valence-electron chi connectivity index (χ4n) is 4.02. The molecule has 0 saturated heterocycles. The van der Waals surface area contributed by atoms with Gasteiger partial charge in [0.1, 0.15) is 6.61 Å². The predicted octanol–water partition coefficient (Wildman–Crippen LogP) is 6.28. The number of amides is 1. The summed E-state index contributed by atoms with van der Waals surface area (Å²) in [7, 11) is 0. The van der Waals surface area contributed by atoms with Gasteiger partial charge in [-0.05, 0) is 58.4 Å². The third-order valence-corrected chi connectivity index (χ3v) is 6.11.